The zero-order chi connectivity index (χ0) is 13.9. The van der Waals surface area contributed by atoms with Crippen molar-refractivity contribution < 1.29 is 4.79 Å². The molecule has 108 valence electrons. The lowest BCUT2D eigenvalue weighted by Crippen LogP contribution is -2.47. The van der Waals surface area contributed by atoms with E-state index >= 15 is 0 Å². The Hall–Kier alpha value is -1.35. The summed E-state index contributed by atoms with van der Waals surface area (Å²) in [7, 11) is 0. The van der Waals surface area contributed by atoms with E-state index in [2.05, 4.69) is 34.5 Å². The number of amides is 1. The highest BCUT2D eigenvalue weighted by atomic mass is 16.1. The summed E-state index contributed by atoms with van der Waals surface area (Å²) in [6, 6.07) is 0.677. The quantitative estimate of drug-likeness (QED) is 0.797. The minimum absolute atomic E-state index is 0.0777. The Labute approximate surface area is 121 Å². The predicted molar refractivity (Wildman–Crippen MR) is 81.3 cm³/mol. The largest absolute Gasteiger partial charge is 0.356 e. The number of allylic oxidation sites excluding steroid dienone is 4. The standard InChI is InChI=1S/C17H24N2O/c1-13(20)18-9-3-10-19-11-8-15-5-2-4-14-6-7-17(19)16(15)12-14/h2,4-5,12,16-17H,3,6-11H2,1H3,(H,18,20). The molecule has 3 heteroatoms. The van der Waals surface area contributed by atoms with E-state index in [0.717, 1.165) is 19.5 Å². The molecule has 1 saturated heterocycles. The number of piperidine rings is 1. The maximum atomic E-state index is 10.9. The summed E-state index contributed by atoms with van der Waals surface area (Å²) < 4.78 is 0. The van der Waals surface area contributed by atoms with Gasteiger partial charge in [-0.15, -0.1) is 0 Å². The molecule has 3 nitrogen and oxygen atoms in total. The Bertz CT molecular complexity index is 475. The van der Waals surface area contributed by atoms with Crippen LogP contribution in [-0.4, -0.2) is 36.5 Å². The summed E-state index contributed by atoms with van der Waals surface area (Å²) in [5.41, 5.74) is 3.12. The maximum Gasteiger partial charge on any atom is 0.216 e. The van der Waals surface area contributed by atoms with E-state index in [-0.39, 0.29) is 5.91 Å². The summed E-state index contributed by atoms with van der Waals surface area (Å²) in [4.78, 5) is 13.5. The van der Waals surface area contributed by atoms with Gasteiger partial charge >= 0.3 is 0 Å². The van der Waals surface area contributed by atoms with Crippen LogP contribution in [0.3, 0.4) is 0 Å². The number of likely N-dealkylation sites (tertiary alicyclic amines) is 1. The highest BCUT2D eigenvalue weighted by molar-refractivity contribution is 5.72. The van der Waals surface area contributed by atoms with Gasteiger partial charge in [-0.1, -0.05) is 35.5 Å². The number of hydrogen-bond donors (Lipinski definition) is 1. The van der Waals surface area contributed by atoms with Crippen LogP contribution in [0.15, 0.2) is 35.5 Å². The van der Waals surface area contributed by atoms with Crippen LogP contribution in [0.1, 0.15) is 32.6 Å². The smallest absolute Gasteiger partial charge is 0.216 e. The molecule has 0 spiro atoms. The minimum Gasteiger partial charge on any atom is -0.356 e. The van der Waals surface area contributed by atoms with E-state index < -0.39 is 0 Å². The molecule has 1 fully saturated rings. The Balaban J connectivity index is 1.61. The summed E-state index contributed by atoms with van der Waals surface area (Å²) in [5, 5.41) is 2.90. The molecule has 0 aromatic carbocycles. The molecule has 1 heterocycles. The fourth-order valence-electron chi connectivity index (χ4n) is 3.74. The molecule has 0 saturated carbocycles. The van der Waals surface area contributed by atoms with Gasteiger partial charge in [0.25, 0.3) is 0 Å². The SMILES string of the molecule is CC(=O)NCCCN1CCC2=CC=CC3=CC2C1CC3. The second-order valence-corrected chi connectivity index (χ2v) is 6.10. The van der Waals surface area contributed by atoms with E-state index in [9.17, 15) is 4.79 Å². The van der Waals surface area contributed by atoms with Crippen molar-refractivity contribution in [1.82, 2.24) is 10.2 Å². The predicted octanol–water partition coefficient (Wildman–Crippen LogP) is 2.42. The molecule has 2 bridgehead atoms. The molecule has 2 unspecified atom stereocenters. The van der Waals surface area contributed by atoms with E-state index in [1.165, 1.54) is 31.4 Å². The van der Waals surface area contributed by atoms with E-state index in [1.54, 1.807) is 12.5 Å². The van der Waals surface area contributed by atoms with Crippen LogP contribution < -0.4 is 5.32 Å². The van der Waals surface area contributed by atoms with Crippen molar-refractivity contribution in [2.75, 3.05) is 19.6 Å². The number of rotatable bonds is 4. The van der Waals surface area contributed by atoms with Gasteiger partial charge in [-0.05, 0) is 25.7 Å². The highest BCUT2D eigenvalue weighted by Crippen LogP contribution is 2.39. The number of nitrogens with zero attached hydrogens (tertiary/aromatic N) is 1. The molecule has 1 amide bonds. The normalized spacial score (nSPS) is 28.4. The molecule has 1 N–H and O–H groups in total. The monoisotopic (exact) mass is 272 g/mol. The van der Waals surface area contributed by atoms with Gasteiger partial charge in [-0.25, -0.2) is 0 Å². The molecule has 3 aliphatic rings. The van der Waals surface area contributed by atoms with Crippen LogP contribution in [0.2, 0.25) is 0 Å². The van der Waals surface area contributed by atoms with Crippen molar-refractivity contribution in [3.63, 3.8) is 0 Å². The van der Waals surface area contributed by atoms with Crippen LogP contribution in [0.5, 0.6) is 0 Å². The van der Waals surface area contributed by atoms with Gasteiger partial charge in [-0.2, -0.15) is 0 Å². The average molecular weight is 272 g/mol. The molecule has 3 rings (SSSR count). The fraction of sp³-hybridized carbons (Fsp3) is 0.588. The number of carbonyl (C=O) groups excluding carboxylic acids is 1. The first-order valence-electron chi connectivity index (χ1n) is 7.80. The lowest BCUT2D eigenvalue weighted by molar-refractivity contribution is -0.118. The topological polar surface area (TPSA) is 32.3 Å². The third-order valence-electron chi connectivity index (χ3n) is 4.74. The van der Waals surface area contributed by atoms with Gasteiger partial charge in [0, 0.05) is 38.5 Å². The van der Waals surface area contributed by atoms with Crippen molar-refractivity contribution in [3.8, 4) is 0 Å². The summed E-state index contributed by atoms with van der Waals surface area (Å²) >= 11 is 0. The van der Waals surface area contributed by atoms with Gasteiger partial charge in [0.2, 0.25) is 5.91 Å². The van der Waals surface area contributed by atoms with Gasteiger partial charge in [0.1, 0.15) is 0 Å². The molecule has 2 aliphatic carbocycles. The molecule has 1 aliphatic heterocycles. The Morgan fingerprint density at radius 1 is 1.45 bits per heavy atom. The van der Waals surface area contributed by atoms with Crippen molar-refractivity contribution in [3.05, 3.63) is 35.5 Å². The van der Waals surface area contributed by atoms with Gasteiger partial charge in [0.15, 0.2) is 0 Å². The lowest BCUT2D eigenvalue weighted by Gasteiger charge is -2.44. The van der Waals surface area contributed by atoms with E-state index in [4.69, 9.17) is 0 Å². The Kier molecular flexibility index (Phi) is 4.06. The van der Waals surface area contributed by atoms with Crippen molar-refractivity contribution in [1.29, 1.82) is 0 Å². The highest BCUT2D eigenvalue weighted by Gasteiger charge is 2.35. The van der Waals surface area contributed by atoms with Gasteiger partial charge < -0.3 is 5.32 Å². The van der Waals surface area contributed by atoms with E-state index in [0.29, 0.717) is 12.0 Å². The summed E-state index contributed by atoms with van der Waals surface area (Å²) in [5.74, 6) is 0.706. The van der Waals surface area contributed by atoms with Gasteiger partial charge in [0.05, 0.1) is 0 Å². The third-order valence-corrected chi connectivity index (χ3v) is 4.74. The molecular weight excluding hydrogens is 248 g/mol. The van der Waals surface area contributed by atoms with Crippen molar-refractivity contribution in [2.24, 2.45) is 5.92 Å². The van der Waals surface area contributed by atoms with Crippen LogP contribution in [0, 0.1) is 5.92 Å². The zero-order valence-electron chi connectivity index (χ0n) is 12.3. The first-order chi connectivity index (χ1) is 9.74. The molecule has 2 atom stereocenters. The fourth-order valence-corrected chi connectivity index (χ4v) is 3.74. The first kappa shape index (κ1) is 13.6. The number of carbonyl (C=O) groups is 1. The number of hydrogen-bond acceptors (Lipinski definition) is 2. The summed E-state index contributed by atoms with van der Waals surface area (Å²) in [6.45, 7) is 4.66. The molecule has 0 radical (unpaired) electrons. The lowest BCUT2D eigenvalue weighted by atomic mass is 9.77. The van der Waals surface area contributed by atoms with Crippen LogP contribution >= 0.6 is 0 Å². The Morgan fingerprint density at radius 2 is 2.35 bits per heavy atom. The van der Waals surface area contributed by atoms with Crippen LogP contribution in [-0.2, 0) is 4.79 Å². The zero-order valence-corrected chi connectivity index (χ0v) is 12.3. The van der Waals surface area contributed by atoms with Gasteiger partial charge in [-0.3, -0.25) is 9.69 Å². The third kappa shape index (κ3) is 2.88. The van der Waals surface area contributed by atoms with Crippen LogP contribution in [0.4, 0.5) is 0 Å². The molecule has 0 aromatic rings. The second-order valence-electron chi connectivity index (χ2n) is 6.10. The minimum atomic E-state index is 0.0777. The molecular formula is C17H24N2O. The first-order valence-corrected chi connectivity index (χ1v) is 7.80. The summed E-state index contributed by atoms with van der Waals surface area (Å²) in [6.07, 6.45) is 14.1. The Morgan fingerprint density at radius 3 is 3.20 bits per heavy atom. The number of nitrogens with one attached hydrogen (secondary N) is 1. The van der Waals surface area contributed by atoms with E-state index in [1.807, 2.05) is 0 Å². The van der Waals surface area contributed by atoms with Crippen LogP contribution in [0.25, 0.3) is 0 Å². The molecule has 0 aromatic heterocycles. The van der Waals surface area contributed by atoms with Crippen molar-refractivity contribution >= 4 is 5.91 Å². The maximum absolute atomic E-state index is 10.9. The molecule has 20 heavy (non-hydrogen) atoms. The van der Waals surface area contributed by atoms with Crippen molar-refractivity contribution in [2.45, 2.75) is 38.6 Å². The second kappa shape index (κ2) is 5.96. The average Bonchev–Trinajstić information content (AvgIpc) is 2.62.